The van der Waals surface area contributed by atoms with Gasteiger partial charge >= 0.3 is 5.97 Å². The molecule has 1 aromatic rings. The third-order valence-electron chi connectivity index (χ3n) is 9.14. The molecule has 7 atom stereocenters. The van der Waals surface area contributed by atoms with Crippen molar-refractivity contribution in [1.82, 2.24) is 31.5 Å². The number of hydrogen-bond acceptors (Lipinski definition) is 10. The molecular weight excluding hydrogens is 732 g/mol. The van der Waals surface area contributed by atoms with Crippen LogP contribution in [0.1, 0.15) is 89.6 Å². The zero-order valence-electron chi connectivity index (χ0n) is 32.6. The van der Waals surface area contributed by atoms with E-state index in [1.165, 1.54) is 43.0 Å². The van der Waals surface area contributed by atoms with Crippen molar-refractivity contribution in [2.75, 3.05) is 6.54 Å². The van der Waals surface area contributed by atoms with Crippen LogP contribution >= 0.6 is 0 Å². The number of aromatic carboxylic acids is 1. The summed E-state index contributed by atoms with van der Waals surface area (Å²) in [4.78, 5) is 116. The summed E-state index contributed by atoms with van der Waals surface area (Å²) in [5, 5.41) is 32.2. The molecule has 1 aliphatic heterocycles. The van der Waals surface area contributed by atoms with Crippen LogP contribution in [0.4, 0.5) is 0 Å². The maximum absolute atomic E-state index is 14.1. The van der Waals surface area contributed by atoms with Crippen molar-refractivity contribution in [1.29, 1.82) is 0 Å². The molecule has 0 spiro atoms. The van der Waals surface area contributed by atoms with Crippen LogP contribution in [0.5, 0.6) is 0 Å². The number of hydrogen-bond donors (Lipinski definition) is 9. The predicted octanol–water partition coefficient (Wildman–Crippen LogP) is -1.80. The molecular formula is C37H56N8O11. The zero-order chi connectivity index (χ0) is 42.4. The fraction of sp³-hybridized carbons (Fsp3) is 0.595. The molecule has 0 radical (unpaired) electrons. The number of nitrogens with zero attached hydrogens (tertiary/aromatic N) is 1. The summed E-state index contributed by atoms with van der Waals surface area (Å²) in [7, 11) is 0. The Hall–Kier alpha value is -5.59. The molecule has 56 heavy (non-hydrogen) atoms. The van der Waals surface area contributed by atoms with E-state index in [0.717, 1.165) is 0 Å². The molecule has 0 bridgehead atoms. The van der Waals surface area contributed by atoms with E-state index in [1.54, 1.807) is 13.8 Å². The second kappa shape index (κ2) is 21.5. The molecule has 1 aromatic carbocycles. The number of carboxylic acid groups (broad SMARTS) is 1. The predicted molar refractivity (Wildman–Crippen MR) is 201 cm³/mol. The first kappa shape index (κ1) is 46.6. The number of rotatable bonds is 21. The normalized spacial score (nSPS) is 17.1. The molecule has 1 heterocycles. The van der Waals surface area contributed by atoms with Crippen LogP contribution in [-0.4, -0.2) is 117 Å². The van der Waals surface area contributed by atoms with Crippen LogP contribution in [0.3, 0.4) is 0 Å². The van der Waals surface area contributed by atoms with Gasteiger partial charge in [-0.3, -0.25) is 38.4 Å². The highest BCUT2D eigenvalue weighted by Gasteiger charge is 2.40. The standard InChI is InChI=1S/C37H56N8O11/c1-18(2)16-26(42-33(51)25(40-21(6)47)17-22-9-11-23(12-10-22)37(55)56)36(54)45-15-7-8-27(45)34(52)41-24(13-14-28(38)48)32(50)44-30(20(5)46)35(53)43-29(19(3)4)31(39)49/h9-12,18-20,24-27,29-30,46H,7-8,13-17H2,1-6H3,(H2,38,48)(H2,39,49)(H,40,47)(H,41,52)(H,42,51)(H,43,53)(H,44,50)(H,55,56)/t20-,24+,25+,26+,27-,29+,30+/m1/s1. The van der Waals surface area contributed by atoms with Gasteiger partial charge in [0.05, 0.1) is 11.7 Å². The van der Waals surface area contributed by atoms with E-state index < -0.39 is 101 Å². The number of aliphatic hydroxyl groups excluding tert-OH is 1. The third kappa shape index (κ3) is 14.2. The molecule has 2 rings (SSSR count). The molecule has 19 heteroatoms. The van der Waals surface area contributed by atoms with Crippen LogP contribution in [0.2, 0.25) is 0 Å². The number of likely N-dealkylation sites (tertiary alicyclic amines) is 1. The van der Waals surface area contributed by atoms with Crippen molar-refractivity contribution in [3.05, 3.63) is 35.4 Å². The lowest BCUT2D eigenvalue weighted by Gasteiger charge is -2.31. The van der Waals surface area contributed by atoms with Gasteiger partial charge in [-0.05, 0) is 62.1 Å². The molecule has 0 aliphatic carbocycles. The topological polar surface area (TPSA) is 310 Å². The Morgan fingerprint density at radius 3 is 1.88 bits per heavy atom. The molecule has 310 valence electrons. The fourth-order valence-electron chi connectivity index (χ4n) is 6.23. The van der Waals surface area contributed by atoms with Crippen LogP contribution < -0.4 is 38.1 Å². The summed E-state index contributed by atoms with van der Waals surface area (Å²) >= 11 is 0. The van der Waals surface area contributed by atoms with Crippen molar-refractivity contribution < 1.29 is 53.4 Å². The van der Waals surface area contributed by atoms with Gasteiger partial charge < -0.3 is 53.2 Å². The van der Waals surface area contributed by atoms with Crippen molar-refractivity contribution in [2.24, 2.45) is 23.3 Å². The van der Waals surface area contributed by atoms with E-state index in [9.17, 15) is 53.4 Å². The monoisotopic (exact) mass is 788 g/mol. The van der Waals surface area contributed by atoms with Crippen molar-refractivity contribution >= 4 is 53.2 Å². The van der Waals surface area contributed by atoms with Gasteiger partial charge in [0.15, 0.2) is 0 Å². The van der Waals surface area contributed by atoms with Crippen LogP contribution in [0.25, 0.3) is 0 Å². The van der Waals surface area contributed by atoms with Crippen LogP contribution in [-0.2, 0) is 44.8 Å². The molecule has 1 aliphatic rings. The molecule has 0 unspecified atom stereocenters. The SMILES string of the molecule is CC(=O)N[C@@H](Cc1ccc(C(=O)O)cc1)C(=O)N[C@@H](CC(C)C)C(=O)N1CCC[C@@H]1C(=O)N[C@@H](CCC(N)=O)C(=O)N[C@H](C(=O)N[C@H](C(N)=O)C(C)C)[C@@H](C)O. The lowest BCUT2D eigenvalue weighted by Crippen LogP contribution is -2.61. The van der Waals surface area contributed by atoms with E-state index in [0.29, 0.717) is 12.0 Å². The van der Waals surface area contributed by atoms with Gasteiger partial charge in [-0.1, -0.05) is 39.8 Å². The van der Waals surface area contributed by atoms with Crippen LogP contribution in [0, 0.1) is 11.8 Å². The van der Waals surface area contributed by atoms with E-state index in [-0.39, 0.29) is 50.1 Å². The Bertz CT molecular complexity index is 1620. The number of primary amides is 2. The van der Waals surface area contributed by atoms with Gasteiger partial charge in [0.1, 0.15) is 36.3 Å². The maximum atomic E-state index is 14.1. The fourth-order valence-corrected chi connectivity index (χ4v) is 6.23. The number of carbonyl (C=O) groups is 9. The summed E-state index contributed by atoms with van der Waals surface area (Å²) in [6.07, 6.45) is -1.39. The molecule has 19 nitrogen and oxygen atoms in total. The van der Waals surface area contributed by atoms with E-state index in [4.69, 9.17) is 11.5 Å². The van der Waals surface area contributed by atoms with Crippen molar-refractivity contribution in [2.45, 2.75) is 122 Å². The van der Waals surface area contributed by atoms with Gasteiger partial charge in [0.2, 0.25) is 47.3 Å². The highest BCUT2D eigenvalue weighted by Crippen LogP contribution is 2.21. The third-order valence-corrected chi connectivity index (χ3v) is 9.14. The Morgan fingerprint density at radius 2 is 1.38 bits per heavy atom. The molecule has 0 aromatic heterocycles. The average molecular weight is 789 g/mol. The number of carbonyl (C=O) groups excluding carboxylic acids is 8. The van der Waals surface area contributed by atoms with Crippen LogP contribution in [0.15, 0.2) is 24.3 Å². The minimum atomic E-state index is -1.59. The lowest BCUT2D eigenvalue weighted by molar-refractivity contribution is -0.143. The molecule has 0 saturated carbocycles. The number of carboxylic acids is 1. The molecule has 1 fully saturated rings. The second-order valence-electron chi connectivity index (χ2n) is 14.8. The summed E-state index contributed by atoms with van der Waals surface area (Å²) in [5.41, 5.74) is 11.3. The number of nitrogens with one attached hydrogen (secondary N) is 5. The number of amides is 8. The quantitative estimate of drug-likeness (QED) is 0.0669. The highest BCUT2D eigenvalue weighted by atomic mass is 16.4. The largest absolute Gasteiger partial charge is 0.478 e. The minimum Gasteiger partial charge on any atom is -0.478 e. The van der Waals surface area contributed by atoms with E-state index in [1.807, 2.05) is 13.8 Å². The Labute approximate surface area is 325 Å². The lowest BCUT2D eigenvalue weighted by atomic mass is 9.99. The average Bonchev–Trinajstić information content (AvgIpc) is 3.59. The first-order chi connectivity index (χ1) is 26.1. The van der Waals surface area contributed by atoms with Gasteiger partial charge in [-0.15, -0.1) is 0 Å². The van der Waals surface area contributed by atoms with Gasteiger partial charge in [-0.2, -0.15) is 0 Å². The Kier molecular flexibility index (Phi) is 17.9. The summed E-state index contributed by atoms with van der Waals surface area (Å²) in [5.74, 6) is -7.71. The summed E-state index contributed by atoms with van der Waals surface area (Å²) in [6, 6.07) is -1.77. The highest BCUT2D eigenvalue weighted by molar-refractivity contribution is 5.97. The summed E-state index contributed by atoms with van der Waals surface area (Å²) < 4.78 is 0. The van der Waals surface area contributed by atoms with Gasteiger partial charge in [-0.25, -0.2) is 4.79 Å². The number of benzene rings is 1. The molecule has 11 N–H and O–H groups in total. The van der Waals surface area contributed by atoms with E-state index >= 15 is 0 Å². The maximum Gasteiger partial charge on any atom is 0.335 e. The number of nitrogens with two attached hydrogens (primary N) is 2. The smallest absolute Gasteiger partial charge is 0.335 e. The molecule has 8 amide bonds. The summed E-state index contributed by atoms with van der Waals surface area (Å²) in [6.45, 7) is 9.50. The van der Waals surface area contributed by atoms with Gasteiger partial charge in [0, 0.05) is 26.3 Å². The Balaban J connectivity index is 2.30. The number of aliphatic hydroxyl groups is 1. The molecule has 1 saturated heterocycles. The second-order valence-corrected chi connectivity index (χ2v) is 14.8. The first-order valence-corrected chi connectivity index (χ1v) is 18.5. The van der Waals surface area contributed by atoms with Crippen molar-refractivity contribution in [3.8, 4) is 0 Å². The van der Waals surface area contributed by atoms with E-state index in [2.05, 4.69) is 26.6 Å². The zero-order valence-corrected chi connectivity index (χ0v) is 32.6. The van der Waals surface area contributed by atoms with Crippen molar-refractivity contribution in [3.63, 3.8) is 0 Å². The Morgan fingerprint density at radius 1 is 0.786 bits per heavy atom. The minimum absolute atomic E-state index is 0.0154. The van der Waals surface area contributed by atoms with Gasteiger partial charge in [0.25, 0.3) is 0 Å². The first-order valence-electron chi connectivity index (χ1n) is 18.5.